The molecule has 0 aliphatic heterocycles. The lowest BCUT2D eigenvalue weighted by atomic mass is 10.2. The predicted octanol–water partition coefficient (Wildman–Crippen LogP) is 4.21. The summed E-state index contributed by atoms with van der Waals surface area (Å²) in [4.78, 5) is 16.0. The van der Waals surface area contributed by atoms with E-state index in [9.17, 15) is 9.18 Å². The number of thioether (sulfide) groups is 1. The molecule has 0 fully saturated rings. The molecular formula is C19H17ClFN3OS. The van der Waals surface area contributed by atoms with E-state index in [0.29, 0.717) is 22.9 Å². The zero-order valence-electron chi connectivity index (χ0n) is 13.9. The number of carbonyl (C=O) groups excluding carboxylic acids is 1. The van der Waals surface area contributed by atoms with Gasteiger partial charge in [-0.15, -0.1) is 11.8 Å². The lowest BCUT2D eigenvalue weighted by molar-refractivity contribution is -0.118. The highest BCUT2D eigenvalue weighted by Crippen LogP contribution is 2.23. The van der Waals surface area contributed by atoms with Gasteiger partial charge in [-0.1, -0.05) is 29.8 Å². The van der Waals surface area contributed by atoms with E-state index in [-0.39, 0.29) is 17.5 Å². The standard InChI is InChI=1S/C19H17ClFN3OS/c20-17-2-1-3-18(21)16(17)11-26-12-19(25)23-10-14-4-6-15(7-5-14)24-9-8-22-13-24/h1-9,13H,10-12H2,(H,23,25). The number of rotatable bonds is 7. The lowest BCUT2D eigenvalue weighted by Gasteiger charge is -2.08. The van der Waals surface area contributed by atoms with Crippen molar-refractivity contribution < 1.29 is 9.18 Å². The van der Waals surface area contributed by atoms with Crippen LogP contribution in [0.4, 0.5) is 4.39 Å². The average Bonchev–Trinajstić information content (AvgIpc) is 3.17. The smallest absolute Gasteiger partial charge is 0.230 e. The summed E-state index contributed by atoms with van der Waals surface area (Å²) in [6, 6.07) is 12.4. The van der Waals surface area contributed by atoms with Gasteiger partial charge in [0.1, 0.15) is 5.82 Å². The van der Waals surface area contributed by atoms with Crippen LogP contribution in [0.25, 0.3) is 5.69 Å². The predicted molar refractivity (Wildman–Crippen MR) is 103 cm³/mol. The fourth-order valence-corrected chi connectivity index (χ4v) is 3.56. The van der Waals surface area contributed by atoms with Crippen LogP contribution < -0.4 is 5.32 Å². The third-order valence-corrected chi connectivity index (χ3v) is 5.08. The summed E-state index contributed by atoms with van der Waals surface area (Å²) in [5.74, 6) is 0.167. The minimum Gasteiger partial charge on any atom is -0.351 e. The molecular weight excluding hydrogens is 373 g/mol. The van der Waals surface area contributed by atoms with Crippen molar-refractivity contribution in [2.45, 2.75) is 12.3 Å². The van der Waals surface area contributed by atoms with E-state index in [4.69, 9.17) is 11.6 Å². The van der Waals surface area contributed by atoms with Crippen LogP contribution in [0.1, 0.15) is 11.1 Å². The quantitative estimate of drug-likeness (QED) is 0.658. The fourth-order valence-electron chi connectivity index (χ4n) is 2.37. The first-order chi connectivity index (χ1) is 12.6. The number of imidazole rings is 1. The van der Waals surface area contributed by atoms with Crippen molar-refractivity contribution in [3.05, 3.63) is 83.2 Å². The van der Waals surface area contributed by atoms with Gasteiger partial charge in [-0.05, 0) is 29.8 Å². The summed E-state index contributed by atoms with van der Waals surface area (Å²) in [6.45, 7) is 0.448. The van der Waals surface area contributed by atoms with Gasteiger partial charge in [0.25, 0.3) is 0 Å². The molecule has 1 aromatic heterocycles. The Morgan fingerprint density at radius 3 is 2.73 bits per heavy atom. The lowest BCUT2D eigenvalue weighted by Crippen LogP contribution is -2.24. The van der Waals surface area contributed by atoms with E-state index >= 15 is 0 Å². The van der Waals surface area contributed by atoms with Crippen LogP contribution in [0.3, 0.4) is 0 Å². The highest BCUT2D eigenvalue weighted by atomic mass is 35.5. The van der Waals surface area contributed by atoms with E-state index in [2.05, 4.69) is 10.3 Å². The molecule has 3 aromatic rings. The number of hydrogen-bond acceptors (Lipinski definition) is 3. The number of halogens is 2. The molecule has 134 valence electrons. The van der Waals surface area contributed by atoms with E-state index in [0.717, 1.165) is 11.3 Å². The molecule has 3 rings (SSSR count). The van der Waals surface area contributed by atoms with Gasteiger partial charge in [0.15, 0.2) is 0 Å². The number of benzene rings is 2. The SMILES string of the molecule is O=C(CSCc1c(F)cccc1Cl)NCc1ccc(-n2ccnc2)cc1. The van der Waals surface area contributed by atoms with Gasteiger partial charge in [0.2, 0.25) is 5.91 Å². The minimum atomic E-state index is -0.344. The molecule has 0 bridgehead atoms. The van der Waals surface area contributed by atoms with Crippen LogP contribution in [0.2, 0.25) is 5.02 Å². The summed E-state index contributed by atoms with van der Waals surface area (Å²) < 4.78 is 15.6. The molecule has 1 heterocycles. The van der Waals surface area contributed by atoms with Gasteiger partial charge >= 0.3 is 0 Å². The Labute approximate surface area is 160 Å². The second-order valence-corrected chi connectivity index (χ2v) is 7.00. The van der Waals surface area contributed by atoms with E-state index in [1.165, 1.54) is 17.8 Å². The van der Waals surface area contributed by atoms with Gasteiger partial charge < -0.3 is 9.88 Å². The molecule has 1 N–H and O–H groups in total. The Balaban J connectivity index is 1.44. The van der Waals surface area contributed by atoms with Crippen molar-refractivity contribution in [3.8, 4) is 5.69 Å². The number of nitrogens with zero attached hydrogens (tertiary/aromatic N) is 2. The van der Waals surface area contributed by atoms with Crippen molar-refractivity contribution in [2.24, 2.45) is 0 Å². The van der Waals surface area contributed by atoms with Crippen molar-refractivity contribution >= 4 is 29.3 Å². The molecule has 26 heavy (non-hydrogen) atoms. The molecule has 4 nitrogen and oxygen atoms in total. The number of carbonyl (C=O) groups is 1. The van der Waals surface area contributed by atoms with E-state index in [1.54, 1.807) is 24.7 Å². The van der Waals surface area contributed by atoms with Crippen molar-refractivity contribution in [3.63, 3.8) is 0 Å². The largest absolute Gasteiger partial charge is 0.351 e. The highest BCUT2D eigenvalue weighted by Gasteiger charge is 2.08. The minimum absolute atomic E-state index is 0.0962. The third-order valence-electron chi connectivity index (χ3n) is 3.77. The highest BCUT2D eigenvalue weighted by molar-refractivity contribution is 7.99. The van der Waals surface area contributed by atoms with Crippen molar-refractivity contribution in [2.75, 3.05) is 5.75 Å². The van der Waals surface area contributed by atoms with Crippen molar-refractivity contribution in [1.29, 1.82) is 0 Å². The normalized spacial score (nSPS) is 10.7. The summed E-state index contributed by atoms with van der Waals surface area (Å²) in [6.07, 6.45) is 5.33. The van der Waals surface area contributed by atoms with Gasteiger partial charge in [0, 0.05) is 41.0 Å². The molecule has 7 heteroatoms. The Morgan fingerprint density at radius 1 is 1.23 bits per heavy atom. The molecule has 1 amide bonds. The van der Waals surface area contributed by atoms with Crippen LogP contribution in [0.5, 0.6) is 0 Å². The number of amides is 1. The summed E-state index contributed by atoms with van der Waals surface area (Å²) >= 11 is 7.31. The Hall–Kier alpha value is -2.31. The number of nitrogens with one attached hydrogen (secondary N) is 1. The first-order valence-electron chi connectivity index (χ1n) is 7.98. The van der Waals surface area contributed by atoms with Crippen LogP contribution in [-0.4, -0.2) is 21.2 Å². The molecule has 0 atom stereocenters. The zero-order valence-corrected chi connectivity index (χ0v) is 15.4. The van der Waals surface area contributed by atoms with Gasteiger partial charge in [-0.2, -0.15) is 0 Å². The third kappa shape index (κ3) is 4.86. The van der Waals surface area contributed by atoms with Gasteiger partial charge in [0.05, 0.1) is 12.1 Å². The fraction of sp³-hybridized carbons (Fsp3) is 0.158. The zero-order chi connectivity index (χ0) is 18.4. The first kappa shape index (κ1) is 18.5. The molecule has 2 aromatic carbocycles. The first-order valence-corrected chi connectivity index (χ1v) is 9.51. The Morgan fingerprint density at radius 2 is 2.04 bits per heavy atom. The van der Waals surface area contributed by atoms with E-state index < -0.39 is 0 Å². The molecule has 0 unspecified atom stereocenters. The Bertz CT molecular complexity index is 849. The topological polar surface area (TPSA) is 46.9 Å². The monoisotopic (exact) mass is 389 g/mol. The molecule has 0 spiro atoms. The van der Waals surface area contributed by atoms with Gasteiger partial charge in [-0.3, -0.25) is 4.79 Å². The van der Waals surface area contributed by atoms with Crippen LogP contribution in [0.15, 0.2) is 61.2 Å². The maximum absolute atomic E-state index is 13.7. The molecule has 0 saturated heterocycles. The van der Waals surface area contributed by atoms with Crippen LogP contribution in [0, 0.1) is 5.82 Å². The number of aromatic nitrogens is 2. The maximum atomic E-state index is 13.7. The second kappa shape index (κ2) is 8.87. The van der Waals surface area contributed by atoms with Gasteiger partial charge in [-0.25, -0.2) is 9.37 Å². The average molecular weight is 390 g/mol. The summed E-state index contributed by atoms with van der Waals surface area (Å²) in [7, 11) is 0. The molecule has 0 saturated carbocycles. The van der Waals surface area contributed by atoms with Crippen molar-refractivity contribution in [1.82, 2.24) is 14.9 Å². The maximum Gasteiger partial charge on any atom is 0.230 e. The molecule has 0 aliphatic rings. The van der Waals surface area contributed by atoms with E-state index in [1.807, 2.05) is 35.0 Å². The summed E-state index contributed by atoms with van der Waals surface area (Å²) in [5, 5.41) is 3.25. The molecule has 0 aliphatic carbocycles. The Kier molecular flexibility index (Phi) is 6.30. The summed E-state index contributed by atoms with van der Waals surface area (Å²) in [5.41, 5.74) is 2.45. The van der Waals surface area contributed by atoms with Crippen LogP contribution in [-0.2, 0) is 17.1 Å². The van der Waals surface area contributed by atoms with Crippen LogP contribution >= 0.6 is 23.4 Å². The number of hydrogen-bond donors (Lipinski definition) is 1. The molecule has 0 radical (unpaired) electrons. The second-order valence-electron chi connectivity index (χ2n) is 5.61.